The number of benzene rings is 1. The second-order valence-corrected chi connectivity index (χ2v) is 7.85. The molecule has 0 saturated carbocycles. The molecule has 1 atom stereocenters. The van der Waals surface area contributed by atoms with Crippen LogP contribution < -0.4 is 10.1 Å². The van der Waals surface area contributed by atoms with Crippen molar-refractivity contribution in [2.45, 2.75) is 44.9 Å². The molecule has 1 heterocycles. The average molecular weight is 279 g/mol. The van der Waals surface area contributed by atoms with Crippen LogP contribution in [-0.4, -0.2) is 23.7 Å². The number of fused-ring (bicyclic) bond motifs is 1. The molecule has 1 aliphatic heterocycles. The van der Waals surface area contributed by atoms with E-state index in [9.17, 15) is 0 Å². The molecule has 1 aliphatic rings. The Labute approximate surface area is 121 Å². The van der Waals surface area contributed by atoms with Crippen LogP contribution in [0.3, 0.4) is 0 Å². The van der Waals surface area contributed by atoms with Gasteiger partial charge in [0.1, 0.15) is 5.75 Å². The van der Waals surface area contributed by atoms with E-state index < -0.39 is 0 Å². The van der Waals surface area contributed by atoms with Crippen molar-refractivity contribution in [3.05, 3.63) is 29.3 Å². The van der Waals surface area contributed by atoms with Crippen LogP contribution in [0, 0.1) is 0 Å². The lowest BCUT2D eigenvalue weighted by molar-refractivity contribution is 0.357. The van der Waals surface area contributed by atoms with Gasteiger partial charge in [0.05, 0.1) is 6.61 Å². The Morgan fingerprint density at radius 2 is 2.16 bits per heavy atom. The van der Waals surface area contributed by atoms with Crippen molar-refractivity contribution in [3.8, 4) is 5.75 Å². The molecule has 1 aromatic carbocycles. The topological polar surface area (TPSA) is 21.3 Å². The van der Waals surface area contributed by atoms with Gasteiger partial charge < -0.3 is 10.1 Å². The quantitative estimate of drug-likeness (QED) is 0.885. The van der Waals surface area contributed by atoms with Crippen LogP contribution in [0.4, 0.5) is 0 Å². The fraction of sp³-hybridized carbons (Fsp3) is 0.625. The highest BCUT2D eigenvalue weighted by molar-refractivity contribution is 8.00. The lowest BCUT2D eigenvalue weighted by Gasteiger charge is -2.24. The first-order valence-electron chi connectivity index (χ1n) is 7.12. The van der Waals surface area contributed by atoms with E-state index in [1.165, 1.54) is 11.1 Å². The van der Waals surface area contributed by atoms with Gasteiger partial charge in [0, 0.05) is 23.0 Å². The van der Waals surface area contributed by atoms with Crippen molar-refractivity contribution in [1.29, 1.82) is 0 Å². The minimum absolute atomic E-state index is 0.313. The molecule has 2 rings (SSSR count). The first kappa shape index (κ1) is 14.7. The fourth-order valence-electron chi connectivity index (χ4n) is 2.28. The van der Waals surface area contributed by atoms with E-state index >= 15 is 0 Å². The second-order valence-electron chi connectivity index (χ2n) is 6.00. The Kier molecular flexibility index (Phi) is 4.80. The molecular formula is C16H25NOS. The van der Waals surface area contributed by atoms with Crippen LogP contribution in [0.25, 0.3) is 0 Å². The van der Waals surface area contributed by atoms with Crippen molar-refractivity contribution in [3.63, 3.8) is 0 Å². The maximum atomic E-state index is 5.58. The summed E-state index contributed by atoms with van der Waals surface area (Å²) < 4.78 is 5.89. The number of hydrogen-bond donors (Lipinski definition) is 1. The van der Waals surface area contributed by atoms with Gasteiger partial charge in [0.2, 0.25) is 0 Å². The molecule has 2 nitrogen and oxygen atoms in total. The van der Waals surface area contributed by atoms with E-state index in [0.717, 1.165) is 31.1 Å². The number of thioether (sulfide) groups is 1. The third-order valence-corrected chi connectivity index (χ3v) is 4.62. The molecule has 0 fully saturated rings. The van der Waals surface area contributed by atoms with E-state index in [1.54, 1.807) is 0 Å². The van der Waals surface area contributed by atoms with Crippen molar-refractivity contribution in [2.24, 2.45) is 0 Å². The van der Waals surface area contributed by atoms with Crippen LogP contribution in [0.5, 0.6) is 5.75 Å². The highest BCUT2D eigenvalue weighted by atomic mass is 32.2. The van der Waals surface area contributed by atoms with Crippen LogP contribution in [0.15, 0.2) is 18.2 Å². The highest BCUT2D eigenvalue weighted by Crippen LogP contribution is 2.32. The molecule has 1 N–H and O–H groups in total. The number of ether oxygens (including phenoxy) is 1. The minimum atomic E-state index is 0.313. The van der Waals surface area contributed by atoms with Gasteiger partial charge in [-0.15, -0.1) is 0 Å². The molecule has 1 aromatic rings. The largest absolute Gasteiger partial charge is 0.493 e. The molecule has 0 saturated heterocycles. The zero-order chi connectivity index (χ0) is 13.9. The molecule has 106 valence electrons. The molecule has 0 amide bonds. The van der Waals surface area contributed by atoms with Crippen LogP contribution in [0.2, 0.25) is 0 Å². The predicted molar refractivity (Wildman–Crippen MR) is 84.3 cm³/mol. The fourth-order valence-corrected chi connectivity index (χ4v) is 3.25. The van der Waals surface area contributed by atoms with Gasteiger partial charge in [0.15, 0.2) is 0 Å². The SMILES string of the molecule is CCNC(CSC(C)(C)C)c1ccc2c(c1)CCO2. The van der Waals surface area contributed by atoms with Gasteiger partial charge in [0.25, 0.3) is 0 Å². The lowest BCUT2D eigenvalue weighted by atomic mass is 10.0. The van der Waals surface area contributed by atoms with Crippen molar-refractivity contribution >= 4 is 11.8 Å². The van der Waals surface area contributed by atoms with Crippen LogP contribution >= 0.6 is 11.8 Å². The van der Waals surface area contributed by atoms with Gasteiger partial charge >= 0.3 is 0 Å². The third-order valence-electron chi connectivity index (χ3n) is 3.25. The Balaban J connectivity index is 2.10. The third kappa shape index (κ3) is 4.15. The zero-order valence-corrected chi connectivity index (χ0v) is 13.3. The highest BCUT2D eigenvalue weighted by Gasteiger charge is 2.19. The molecular weight excluding hydrogens is 254 g/mol. The molecule has 0 radical (unpaired) electrons. The first-order chi connectivity index (χ1) is 8.99. The smallest absolute Gasteiger partial charge is 0.122 e. The normalized spacial score (nSPS) is 16.0. The summed E-state index contributed by atoms with van der Waals surface area (Å²) in [6.45, 7) is 10.8. The van der Waals surface area contributed by atoms with Gasteiger partial charge in [-0.2, -0.15) is 11.8 Å². The maximum absolute atomic E-state index is 5.58. The van der Waals surface area contributed by atoms with Crippen molar-refractivity contribution < 1.29 is 4.74 Å². The van der Waals surface area contributed by atoms with Crippen molar-refractivity contribution in [2.75, 3.05) is 18.9 Å². The number of rotatable bonds is 5. The van der Waals surface area contributed by atoms with Gasteiger partial charge in [-0.3, -0.25) is 0 Å². The van der Waals surface area contributed by atoms with E-state index in [2.05, 4.69) is 51.2 Å². The summed E-state index contributed by atoms with van der Waals surface area (Å²) in [5, 5.41) is 3.60. The van der Waals surface area contributed by atoms with Gasteiger partial charge in [-0.25, -0.2) is 0 Å². The van der Waals surface area contributed by atoms with E-state index in [-0.39, 0.29) is 0 Å². The van der Waals surface area contributed by atoms with E-state index in [0.29, 0.717) is 10.8 Å². The summed E-state index contributed by atoms with van der Waals surface area (Å²) in [5.74, 6) is 2.18. The van der Waals surface area contributed by atoms with Gasteiger partial charge in [-0.1, -0.05) is 39.8 Å². The summed E-state index contributed by atoms with van der Waals surface area (Å²) in [4.78, 5) is 0. The molecule has 3 heteroatoms. The summed E-state index contributed by atoms with van der Waals surface area (Å²) >= 11 is 2.02. The van der Waals surface area contributed by atoms with E-state index in [1.807, 2.05) is 11.8 Å². The molecule has 0 aliphatic carbocycles. The Bertz CT molecular complexity index is 425. The lowest BCUT2D eigenvalue weighted by Crippen LogP contribution is -2.25. The standard InChI is InChI=1S/C16H25NOS/c1-5-17-14(11-19-16(2,3)4)12-6-7-15-13(10-12)8-9-18-15/h6-7,10,14,17H,5,8-9,11H2,1-4H3. The molecule has 0 spiro atoms. The predicted octanol–water partition coefficient (Wildman–Crippen LogP) is 3.80. The first-order valence-corrected chi connectivity index (χ1v) is 8.11. The summed E-state index contributed by atoms with van der Waals surface area (Å²) in [6, 6.07) is 7.09. The maximum Gasteiger partial charge on any atom is 0.122 e. The minimum Gasteiger partial charge on any atom is -0.493 e. The summed E-state index contributed by atoms with van der Waals surface area (Å²) in [6.07, 6.45) is 1.05. The van der Waals surface area contributed by atoms with E-state index in [4.69, 9.17) is 4.74 Å². The molecule has 0 bridgehead atoms. The zero-order valence-electron chi connectivity index (χ0n) is 12.5. The molecule has 1 unspecified atom stereocenters. The summed E-state index contributed by atoms with van der Waals surface area (Å²) in [7, 11) is 0. The van der Waals surface area contributed by atoms with Crippen molar-refractivity contribution in [1.82, 2.24) is 5.32 Å². The Hall–Kier alpha value is -0.670. The number of nitrogens with one attached hydrogen (secondary N) is 1. The van der Waals surface area contributed by atoms with Crippen LogP contribution in [-0.2, 0) is 6.42 Å². The van der Waals surface area contributed by atoms with Crippen LogP contribution in [0.1, 0.15) is 44.9 Å². The monoisotopic (exact) mass is 279 g/mol. The Morgan fingerprint density at radius 1 is 1.37 bits per heavy atom. The van der Waals surface area contributed by atoms with Gasteiger partial charge in [-0.05, 0) is 23.7 Å². The molecule has 19 heavy (non-hydrogen) atoms. The molecule has 0 aromatic heterocycles. The Morgan fingerprint density at radius 3 is 2.84 bits per heavy atom. The average Bonchev–Trinajstić information content (AvgIpc) is 2.80. The second kappa shape index (κ2) is 6.19. The summed E-state index contributed by atoms with van der Waals surface area (Å²) in [5.41, 5.74) is 2.75. The number of hydrogen-bond acceptors (Lipinski definition) is 3.